The van der Waals surface area contributed by atoms with Crippen molar-refractivity contribution in [3.05, 3.63) is 95.1 Å². The largest absolute Gasteiger partial charge is 0.494 e. The quantitative estimate of drug-likeness (QED) is 0.221. The van der Waals surface area contributed by atoms with Crippen LogP contribution in [0.1, 0.15) is 38.8 Å². The van der Waals surface area contributed by atoms with Crippen LogP contribution in [0, 0.1) is 6.92 Å². The third-order valence-electron chi connectivity index (χ3n) is 4.70. The third kappa shape index (κ3) is 7.03. The molecule has 2 N–H and O–H groups in total. The number of nitrogens with one attached hydrogen (secondary N) is 2. The summed E-state index contributed by atoms with van der Waals surface area (Å²) in [6.45, 7) is 4.03. The van der Waals surface area contributed by atoms with Crippen molar-refractivity contribution < 1.29 is 23.9 Å². The lowest BCUT2D eigenvalue weighted by molar-refractivity contribution is -0.120. The normalized spacial score (nSPS) is 10.5. The number of ether oxygens (including phenoxy) is 2. The van der Waals surface area contributed by atoms with Gasteiger partial charge in [0.2, 0.25) is 0 Å². The van der Waals surface area contributed by atoms with E-state index >= 15 is 0 Å². The smallest absolute Gasteiger partial charge is 0.343 e. The van der Waals surface area contributed by atoms with Crippen molar-refractivity contribution >= 4 is 24.0 Å². The lowest BCUT2D eigenvalue weighted by Gasteiger charge is -2.07. The zero-order valence-corrected chi connectivity index (χ0v) is 18.9. The Kier molecular flexibility index (Phi) is 8.51. The van der Waals surface area contributed by atoms with E-state index in [1.807, 2.05) is 26.0 Å². The first-order valence-corrected chi connectivity index (χ1v) is 10.7. The molecule has 0 fully saturated rings. The second-order valence-corrected chi connectivity index (χ2v) is 7.21. The van der Waals surface area contributed by atoms with Gasteiger partial charge in [0.15, 0.2) is 0 Å². The molecule has 0 radical (unpaired) electrons. The molecule has 0 heterocycles. The van der Waals surface area contributed by atoms with Gasteiger partial charge in [-0.05, 0) is 79.6 Å². The van der Waals surface area contributed by atoms with Crippen LogP contribution in [0.25, 0.3) is 0 Å². The molecule has 0 spiro atoms. The van der Waals surface area contributed by atoms with Gasteiger partial charge in [-0.3, -0.25) is 9.59 Å². The lowest BCUT2D eigenvalue weighted by atomic mass is 10.1. The van der Waals surface area contributed by atoms with Crippen LogP contribution in [0.3, 0.4) is 0 Å². The second-order valence-electron chi connectivity index (χ2n) is 7.21. The summed E-state index contributed by atoms with van der Waals surface area (Å²) < 4.78 is 10.7. The van der Waals surface area contributed by atoms with Crippen molar-refractivity contribution in [3.8, 4) is 11.5 Å². The van der Waals surface area contributed by atoms with E-state index in [1.54, 1.807) is 60.7 Å². The van der Waals surface area contributed by atoms with Crippen molar-refractivity contribution in [2.75, 3.05) is 13.2 Å². The molecule has 8 nitrogen and oxygen atoms in total. The zero-order chi connectivity index (χ0) is 24.3. The molecule has 0 saturated heterocycles. The summed E-state index contributed by atoms with van der Waals surface area (Å²) in [6, 6.07) is 20.5. The van der Waals surface area contributed by atoms with Crippen molar-refractivity contribution in [1.29, 1.82) is 0 Å². The maximum Gasteiger partial charge on any atom is 0.343 e. The first-order chi connectivity index (χ1) is 16.5. The molecular formula is C26H25N3O5. The summed E-state index contributed by atoms with van der Waals surface area (Å²) in [5, 5.41) is 6.40. The standard InChI is InChI=1S/C26H25N3O5/c1-3-33-21-14-10-20(11-15-21)25(31)27-17-24(30)29-28-16-19-8-12-22(13-9-19)34-26(32)23-7-5-4-6-18(23)2/h4-16H,3,17H2,1-2H3,(H,27,31)(H,29,30)/b28-16-. The minimum Gasteiger partial charge on any atom is -0.494 e. The minimum atomic E-state index is -0.473. The van der Waals surface area contributed by atoms with Gasteiger partial charge in [-0.25, -0.2) is 10.2 Å². The van der Waals surface area contributed by atoms with Crippen molar-refractivity contribution in [1.82, 2.24) is 10.7 Å². The molecule has 0 aliphatic heterocycles. The number of hydrogen-bond donors (Lipinski definition) is 2. The van der Waals surface area contributed by atoms with Gasteiger partial charge in [-0.2, -0.15) is 5.10 Å². The first kappa shape index (κ1) is 24.2. The Balaban J connectivity index is 1.44. The number of nitrogens with zero attached hydrogens (tertiary/aromatic N) is 1. The molecule has 0 unspecified atom stereocenters. The van der Waals surface area contributed by atoms with E-state index in [9.17, 15) is 14.4 Å². The molecule has 34 heavy (non-hydrogen) atoms. The Morgan fingerprint density at radius 3 is 2.26 bits per heavy atom. The highest BCUT2D eigenvalue weighted by Crippen LogP contribution is 2.15. The fourth-order valence-electron chi connectivity index (χ4n) is 2.94. The molecule has 3 rings (SSSR count). The Labute approximate surface area is 197 Å². The summed E-state index contributed by atoms with van der Waals surface area (Å²) in [7, 11) is 0. The summed E-state index contributed by atoms with van der Waals surface area (Å²) in [5.74, 6) is -0.216. The number of hydrazone groups is 1. The minimum absolute atomic E-state index is 0.225. The molecule has 8 heteroatoms. The second kappa shape index (κ2) is 12.0. The molecule has 3 aromatic carbocycles. The van der Waals surface area contributed by atoms with Gasteiger partial charge < -0.3 is 14.8 Å². The monoisotopic (exact) mass is 459 g/mol. The maximum absolute atomic E-state index is 12.3. The maximum atomic E-state index is 12.3. The Morgan fingerprint density at radius 2 is 1.59 bits per heavy atom. The third-order valence-corrected chi connectivity index (χ3v) is 4.70. The predicted octanol–water partition coefficient (Wildman–Crippen LogP) is 3.49. The Hall–Kier alpha value is -4.46. The van der Waals surface area contributed by atoms with E-state index in [0.29, 0.717) is 34.8 Å². The van der Waals surface area contributed by atoms with Gasteiger partial charge in [0.05, 0.1) is 24.9 Å². The summed E-state index contributed by atoms with van der Waals surface area (Å²) >= 11 is 0. The number of hydrogen-bond acceptors (Lipinski definition) is 6. The van der Waals surface area contributed by atoms with Crippen LogP contribution in [0.5, 0.6) is 11.5 Å². The molecule has 0 aliphatic carbocycles. The van der Waals surface area contributed by atoms with E-state index in [1.165, 1.54) is 6.21 Å². The fourth-order valence-corrected chi connectivity index (χ4v) is 2.94. The SMILES string of the molecule is CCOc1ccc(C(=O)NCC(=O)N/N=C\c2ccc(OC(=O)c3ccccc3C)cc2)cc1. The van der Waals surface area contributed by atoms with Gasteiger partial charge in [0.25, 0.3) is 11.8 Å². The highest BCUT2D eigenvalue weighted by atomic mass is 16.5. The number of aryl methyl sites for hydroxylation is 1. The van der Waals surface area contributed by atoms with Crippen LogP contribution in [-0.4, -0.2) is 37.1 Å². The van der Waals surface area contributed by atoms with Gasteiger partial charge in [0, 0.05) is 5.56 Å². The number of benzene rings is 3. The number of carbonyl (C=O) groups excluding carboxylic acids is 3. The van der Waals surface area contributed by atoms with Gasteiger partial charge >= 0.3 is 5.97 Å². The topological polar surface area (TPSA) is 106 Å². The van der Waals surface area contributed by atoms with Crippen molar-refractivity contribution in [2.24, 2.45) is 5.10 Å². The van der Waals surface area contributed by atoms with E-state index in [4.69, 9.17) is 9.47 Å². The molecule has 0 aromatic heterocycles. The van der Waals surface area contributed by atoms with E-state index in [0.717, 1.165) is 5.56 Å². The number of amides is 2. The van der Waals surface area contributed by atoms with Crippen LogP contribution in [0.2, 0.25) is 0 Å². The highest BCUT2D eigenvalue weighted by molar-refractivity contribution is 5.96. The number of rotatable bonds is 9. The Bertz CT molecular complexity index is 1170. The molecular weight excluding hydrogens is 434 g/mol. The van der Waals surface area contributed by atoms with Gasteiger partial charge in [-0.15, -0.1) is 0 Å². The Morgan fingerprint density at radius 1 is 0.912 bits per heavy atom. The molecule has 0 atom stereocenters. The molecule has 0 aliphatic rings. The summed E-state index contributed by atoms with van der Waals surface area (Å²) in [5.41, 5.74) is 4.80. The number of esters is 1. The fraction of sp³-hybridized carbons (Fsp3) is 0.154. The molecule has 0 bridgehead atoms. The summed E-state index contributed by atoms with van der Waals surface area (Å²) in [6.07, 6.45) is 1.44. The van der Waals surface area contributed by atoms with Crippen LogP contribution in [-0.2, 0) is 4.79 Å². The van der Waals surface area contributed by atoms with Crippen LogP contribution in [0.15, 0.2) is 77.9 Å². The number of carbonyl (C=O) groups is 3. The van der Waals surface area contributed by atoms with Crippen molar-refractivity contribution in [3.63, 3.8) is 0 Å². The predicted molar refractivity (Wildman–Crippen MR) is 128 cm³/mol. The average Bonchev–Trinajstić information content (AvgIpc) is 2.84. The van der Waals surface area contributed by atoms with E-state index < -0.39 is 11.9 Å². The van der Waals surface area contributed by atoms with Crippen LogP contribution >= 0.6 is 0 Å². The van der Waals surface area contributed by atoms with Crippen LogP contribution in [0.4, 0.5) is 0 Å². The zero-order valence-electron chi connectivity index (χ0n) is 18.9. The first-order valence-electron chi connectivity index (χ1n) is 10.7. The molecule has 2 amide bonds. The van der Waals surface area contributed by atoms with E-state index in [-0.39, 0.29) is 12.5 Å². The van der Waals surface area contributed by atoms with Crippen molar-refractivity contribution in [2.45, 2.75) is 13.8 Å². The van der Waals surface area contributed by atoms with Gasteiger partial charge in [0.1, 0.15) is 11.5 Å². The molecule has 174 valence electrons. The lowest BCUT2D eigenvalue weighted by Crippen LogP contribution is -2.34. The summed E-state index contributed by atoms with van der Waals surface area (Å²) in [4.78, 5) is 36.3. The molecule has 0 saturated carbocycles. The molecule has 3 aromatic rings. The van der Waals surface area contributed by atoms with Crippen LogP contribution < -0.4 is 20.2 Å². The van der Waals surface area contributed by atoms with E-state index in [2.05, 4.69) is 15.8 Å². The van der Waals surface area contributed by atoms with Gasteiger partial charge in [-0.1, -0.05) is 18.2 Å². The highest BCUT2D eigenvalue weighted by Gasteiger charge is 2.11. The average molecular weight is 460 g/mol.